The van der Waals surface area contributed by atoms with Gasteiger partial charge in [0, 0.05) is 36.4 Å². The van der Waals surface area contributed by atoms with Crippen LogP contribution in [0.15, 0.2) is 42.5 Å². The number of hydrogen-bond donors (Lipinski definition) is 3. The minimum absolute atomic E-state index is 0.0943. The molecule has 3 N–H and O–H groups in total. The maximum atomic E-state index is 13.9. The van der Waals surface area contributed by atoms with Crippen LogP contribution in [0, 0.1) is 23.4 Å². The number of nitrogens with one attached hydrogen (secondary N) is 2. The number of carbonyl (C=O) groups is 4. The molecule has 2 aromatic carbocycles. The molecule has 9 nitrogen and oxygen atoms in total. The Morgan fingerprint density at radius 2 is 1.49 bits per heavy atom. The zero-order valence-electron chi connectivity index (χ0n) is 21.0. The van der Waals surface area contributed by atoms with E-state index in [-0.39, 0.29) is 36.7 Å². The van der Waals surface area contributed by atoms with E-state index >= 15 is 0 Å². The van der Waals surface area contributed by atoms with Gasteiger partial charge in [-0.2, -0.15) is 0 Å². The number of halogens is 3. The van der Waals surface area contributed by atoms with Crippen molar-refractivity contribution in [3.63, 3.8) is 0 Å². The van der Waals surface area contributed by atoms with Crippen molar-refractivity contribution >= 4 is 29.5 Å². The van der Waals surface area contributed by atoms with E-state index in [0.29, 0.717) is 6.07 Å². The highest BCUT2D eigenvalue weighted by Gasteiger charge is 2.44. The van der Waals surface area contributed by atoms with Gasteiger partial charge in [0.15, 0.2) is 6.17 Å². The second kappa shape index (κ2) is 12.2. The third-order valence-electron chi connectivity index (χ3n) is 7.07. The van der Waals surface area contributed by atoms with Gasteiger partial charge in [-0.3, -0.25) is 19.3 Å². The summed E-state index contributed by atoms with van der Waals surface area (Å²) in [4.78, 5) is 53.8. The van der Waals surface area contributed by atoms with E-state index in [2.05, 4.69) is 10.6 Å². The van der Waals surface area contributed by atoms with Gasteiger partial charge in [-0.05, 0) is 55.2 Å². The Kier molecular flexibility index (Phi) is 8.72. The number of hydrogen-bond acceptors (Lipinski definition) is 4. The second-order valence-corrected chi connectivity index (χ2v) is 9.77. The molecule has 0 aromatic heterocycles. The highest BCUT2D eigenvalue weighted by molar-refractivity contribution is 6.00. The normalized spacial score (nSPS) is 18.5. The van der Waals surface area contributed by atoms with Gasteiger partial charge in [0.2, 0.25) is 0 Å². The molecule has 1 saturated heterocycles. The van der Waals surface area contributed by atoms with E-state index in [1.165, 1.54) is 12.1 Å². The molecule has 2 aromatic rings. The van der Waals surface area contributed by atoms with Crippen LogP contribution in [0.5, 0.6) is 0 Å². The Morgan fingerprint density at radius 3 is 2.10 bits per heavy atom. The van der Waals surface area contributed by atoms with Gasteiger partial charge in [-0.15, -0.1) is 0 Å². The quantitative estimate of drug-likeness (QED) is 0.486. The van der Waals surface area contributed by atoms with E-state index in [4.69, 9.17) is 0 Å². The molecular weight excluding hydrogens is 517 g/mol. The summed E-state index contributed by atoms with van der Waals surface area (Å²) in [6.45, 7) is -0.222. The fourth-order valence-electron chi connectivity index (χ4n) is 5.23. The smallest absolute Gasteiger partial charge is 0.323 e. The molecule has 1 heterocycles. The van der Waals surface area contributed by atoms with Gasteiger partial charge in [0.25, 0.3) is 11.8 Å². The Hall–Kier alpha value is -4.09. The first-order valence-corrected chi connectivity index (χ1v) is 12.7. The summed E-state index contributed by atoms with van der Waals surface area (Å²) in [6, 6.07) is 5.68. The standard InChI is InChI=1S/C27H29F3N4O5/c28-18-6-8-21(9-7-18)31-27(39)34-11-10-33(26(38)17-12-19(29)14-20(30)13-17)25(34)24(37)32-22(15-23(35)36)16-4-2-1-3-5-16/h6-9,12-14,16,22,25H,1-5,10-11,15H2,(H,31,39)(H,32,37)(H,35,36). The van der Waals surface area contributed by atoms with Crippen molar-refractivity contribution in [3.05, 3.63) is 65.5 Å². The van der Waals surface area contributed by atoms with Crippen LogP contribution in [-0.2, 0) is 9.59 Å². The molecule has 1 aliphatic heterocycles. The Morgan fingerprint density at radius 1 is 0.872 bits per heavy atom. The molecule has 2 fully saturated rings. The lowest BCUT2D eigenvalue weighted by atomic mass is 9.82. The topological polar surface area (TPSA) is 119 Å². The summed E-state index contributed by atoms with van der Waals surface area (Å²) < 4.78 is 41.0. The van der Waals surface area contributed by atoms with Crippen LogP contribution in [0.2, 0.25) is 0 Å². The predicted molar refractivity (Wildman–Crippen MR) is 134 cm³/mol. The lowest BCUT2D eigenvalue weighted by Gasteiger charge is -2.34. The third kappa shape index (κ3) is 6.87. The molecule has 1 saturated carbocycles. The highest BCUT2D eigenvalue weighted by atomic mass is 19.1. The maximum absolute atomic E-state index is 13.9. The summed E-state index contributed by atoms with van der Waals surface area (Å²) >= 11 is 0. The number of carboxylic acids is 1. The summed E-state index contributed by atoms with van der Waals surface area (Å²) in [5.74, 6) is -5.35. The molecule has 39 heavy (non-hydrogen) atoms. The Bertz CT molecular complexity index is 1220. The van der Waals surface area contributed by atoms with E-state index in [0.717, 1.165) is 66.2 Å². The van der Waals surface area contributed by atoms with E-state index in [1.54, 1.807) is 0 Å². The van der Waals surface area contributed by atoms with Crippen molar-refractivity contribution in [2.45, 2.75) is 50.7 Å². The van der Waals surface area contributed by atoms with Gasteiger partial charge in [-0.25, -0.2) is 18.0 Å². The fraction of sp³-hybridized carbons (Fsp3) is 0.407. The van der Waals surface area contributed by atoms with Gasteiger partial charge in [0.05, 0.1) is 6.42 Å². The predicted octanol–water partition coefficient (Wildman–Crippen LogP) is 3.96. The van der Waals surface area contributed by atoms with Crippen LogP contribution in [0.25, 0.3) is 0 Å². The molecule has 208 valence electrons. The number of benzene rings is 2. The number of carboxylic acid groups (broad SMARTS) is 1. The molecular formula is C27H29F3N4O5. The number of amides is 4. The highest BCUT2D eigenvalue weighted by Crippen LogP contribution is 2.29. The van der Waals surface area contributed by atoms with Crippen molar-refractivity contribution in [2.24, 2.45) is 5.92 Å². The molecule has 0 bridgehead atoms. The first kappa shape index (κ1) is 27.9. The van der Waals surface area contributed by atoms with Crippen LogP contribution >= 0.6 is 0 Å². The van der Waals surface area contributed by atoms with Crippen molar-refractivity contribution in [1.29, 1.82) is 0 Å². The molecule has 2 atom stereocenters. The van der Waals surface area contributed by atoms with E-state index in [9.17, 15) is 37.5 Å². The molecule has 0 spiro atoms. The van der Waals surface area contributed by atoms with Crippen molar-refractivity contribution in [2.75, 3.05) is 18.4 Å². The van der Waals surface area contributed by atoms with Crippen LogP contribution in [0.4, 0.5) is 23.7 Å². The number of aliphatic carboxylic acids is 1. The van der Waals surface area contributed by atoms with Crippen LogP contribution in [0.1, 0.15) is 48.9 Å². The van der Waals surface area contributed by atoms with Gasteiger partial charge in [0.1, 0.15) is 17.5 Å². The van der Waals surface area contributed by atoms with Crippen molar-refractivity contribution in [1.82, 2.24) is 15.1 Å². The van der Waals surface area contributed by atoms with Crippen molar-refractivity contribution < 1.29 is 37.5 Å². The number of carbonyl (C=O) groups excluding carboxylic acids is 3. The molecule has 2 aliphatic rings. The third-order valence-corrected chi connectivity index (χ3v) is 7.07. The number of nitrogens with zero attached hydrogens (tertiary/aromatic N) is 2. The number of rotatable bonds is 7. The summed E-state index contributed by atoms with van der Waals surface area (Å²) in [7, 11) is 0. The zero-order valence-corrected chi connectivity index (χ0v) is 21.0. The lowest BCUT2D eigenvalue weighted by Crippen LogP contribution is -2.57. The van der Waals surface area contributed by atoms with E-state index < -0.39 is 53.5 Å². The molecule has 4 rings (SSSR count). The molecule has 1 aliphatic carbocycles. The van der Waals surface area contributed by atoms with Crippen molar-refractivity contribution in [3.8, 4) is 0 Å². The second-order valence-electron chi connectivity index (χ2n) is 9.77. The largest absolute Gasteiger partial charge is 0.481 e. The first-order valence-electron chi connectivity index (χ1n) is 12.7. The zero-order chi connectivity index (χ0) is 28.1. The Labute approximate surface area is 223 Å². The molecule has 2 unspecified atom stereocenters. The summed E-state index contributed by atoms with van der Waals surface area (Å²) in [5, 5.41) is 14.8. The van der Waals surface area contributed by atoms with E-state index in [1.807, 2.05) is 0 Å². The first-order chi connectivity index (χ1) is 18.6. The lowest BCUT2D eigenvalue weighted by molar-refractivity contribution is -0.138. The maximum Gasteiger partial charge on any atom is 0.323 e. The van der Waals surface area contributed by atoms with Crippen LogP contribution in [0.3, 0.4) is 0 Å². The number of anilines is 1. The summed E-state index contributed by atoms with van der Waals surface area (Å²) in [6.07, 6.45) is 2.38. The minimum Gasteiger partial charge on any atom is -0.481 e. The van der Waals surface area contributed by atoms with Gasteiger partial charge in [-0.1, -0.05) is 19.3 Å². The molecule has 4 amide bonds. The fourth-order valence-corrected chi connectivity index (χ4v) is 5.23. The van der Waals surface area contributed by atoms with Crippen LogP contribution in [-0.4, -0.2) is 64.0 Å². The average molecular weight is 547 g/mol. The van der Waals surface area contributed by atoms with Gasteiger partial charge >= 0.3 is 12.0 Å². The minimum atomic E-state index is -1.52. The monoisotopic (exact) mass is 546 g/mol. The Balaban J connectivity index is 1.62. The molecule has 0 radical (unpaired) electrons. The summed E-state index contributed by atoms with van der Waals surface area (Å²) in [5.41, 5.74) is -0.107. The van der Waals surface area contributed by atoms with Crippen LogP contribution < -0.4 is 10.6 Å². The SMILES string of the molecule is O=C(O)CC(NC(=O)C1N(C(=O)Nc2ccc(F)cc2)CCN1C(=O)c1cc(F)cc(F)c1)C1CCCCC1. The van der Waals surface area contributed by atoms with Gasteiger partial charge < -0.3 is 20.6 Å². The average Bonchev–Trinajstić information content (AvgIpc) is 3.34. The number of urea groups is 1. The molecule has 12 heteroatoms.